The van der Waals surface area contributed by atoms with Gasteiger partial charge in [-0.05, 0) is 52.9 Å². The molecule has 0 heterocycles. The highest BCUT2D eigenvalue weighted by molar-refractivity contribution is 14.1. The van der Waals surface area contributed by atoms with Crippen molar-refractivity contribution in [1.82, 2.24) is 5.32 Å². The number of amides is 1. The zero-order valence-electron chi connectivity index (χ0n) is 11.9. The van der Waals surface area contributed by atoms with Gasteiger partial charge >= 0.3 is 0 Å². The minimum atomic E-state index is -1.27. The fourth-order valence-electron chi connectivity index (χ4n) is 1.82. The van der Waals surface area contributed by atoms with Crippen LogP contribution in [0.3, 0.4) is 0 Å². The maximum atomic E-state index is 13.5. The van der Waals surface area contributed by atoms with Crippen molar-refractivity contribution in [1.29, 1.82) is 0 Å². The Kier molecular flexibility index (Phi) is 6.28. The summed E-state index contributed by atoms with van der Waals surface area (Å²) in [6, 6.07) is 10.0. The second-order valence-corrected chi connectivity index (χ2v) is 5.97. The normalized spacial score (nSPS) is 11.8. The first kappa shape index (κ1) is 17.6. The minimum absolute atomic E-state index is 0.0785. The van der Waals surface area contributed by atoms with E-state index >= 15 is 0 Å². The molecule has 0 aliphatic heterocycles. The number of carbonyl (C=O) groups is 1. The summed E-state index contributed by atoms with van der Waals surface area (Å²) < 4.78 is 32.6. The summed E-state index contributed by atoms with van der Waals surface area (Å²) in [6.45, 7) is -0.420. The first-order valence-electron chi connectivity index (χ1n) is 6.74. The van der Waals surface area contributed by atoms with Crippen LogP contribution in [0.15, 0.2) is 42.5 Å². The van der Waals surface area contributed by atoms with Crippen LogP contribution in [0, 0.1) is 15.2 Å². The van der Waals surface area contributed by atoms with Crippen molar-refractivity contribution in [2.75, 3.05) is 13.2 Å². The first-order valence-corrected chi connectivity index (χ1v) is 7.81. The fraction of sp³-hybridized carbons (Fsp3) is 0.188. The zero-order valence-corrected chi connectivity index (χ0v) is 14.1. The number of carbonyl (C=O) groups excluding carboxylic acids is 1. The number of rotatable bonds is 6. The van der Waals surface area contributed by atoms with Crippen LogP contribution in [-0.4, -0.2) is 24.2 Å². The van der Waals surface area contributed by atoms with E-state index in [0.29, 0.717) is 11.8 Å². The molecule has 0 bridgehead atoms. The molecule has 122 valence electrons. The van der Waals surface area contributed by atoms with Gasteiger partial charge in [-0.2, -0.15) is 0 Å². The lowest BCUT2D eigenvalue weighted by Crippen LogP contribution is -2.32. The van der Waals surface area contributed by atoms with Crippen molar-refractivity contribution >= 4 is 28.5 Å². The molecule has 1 atom stereocenters. The third-order valence-electron chi connectivity index (χ3n) is 3.00. The zero-order chi connectivity index (χ0) is 16.8. The van der Waals surface area contributed by atoms with Crippen LogP contribution in [0.5, 0.6) is 5.75 Å². The highest BCUT2D eigenvalue weighted by atomic mass is 127. The van der Waals surface area contributed by atoms with E-state index in [9.17, 15) is 18.7 Å². The monoisotopic (exact) mass is 433 g/mol. The summed E-state index contributed by atoms with van der Waals surface area (Å²) in [5.74, 6) is -1.49. The van der Waals surface area contributed by atoms with Crippen LogP contribution in [0.1, 0.15) is 11.7 Å². The van der Waals surface area contributed by atoms with Gasteiger partial charge in [0.2, 0.25) is 0 Å². The number of halogens is 3. The number of aliphatic hydroxyl groups excluding tert-OH is 1. The quantitative estimate of drug-likeness (QED) is 0.690. The Morgan fingerprint density at radius 3 is 2.57 bits per heavy atom. The number of hydrogen-bond acceptors (Lipinski definition) is 3. The number of hydrogen-bond donors (Lipinski definition) is 2. The lowest BCUT2D eigenvalue weighted by Gasteiger charge is -2.13. The Morgan fingerprint density at radius 2 is 1.91 bits per heavy atom. The van der Waals surface area contributed by atoms with Crippen LogP contribution in [-0.2, 0) is 4.79 Å². The van der Waals surface area contributed by atoms with Gasteiger partial charge in [-0.25, -0.2) is 8.78 Å². The SMILES string of the molecule is O=C(COc1ccc(I)cc1)NCC(O)c1ccc(F)cc1F. The van der Waals surface area contributed by atoms with Gasteiger partial charge in [0.05, 0.1) is 6.10 Å². The van der Waals surface area contributed by atoms with E-state index in [4.69, 9.17) is 4.74 Å². The Hall–Kier alpha value is -1.74. The Morgan fingerprint density at radius 1 is 1.22 bits per heavy atom. The summed E-state index contributed by atoms with van der Waals surface area (Å²) in [5, 5.41) is 12.3. The summed E-state index contributed by atoms with van der Waals surface area (Å²) in [5.41, 5.74) is -0.0785. The molecule has 0 aromatic heterocycles. The molecule has 2 aromatic carbocycles. The van der Waals surface area contributed by atoms with E-state index in [1.54, 1.807) is 12.1 Å². The molecule has 0 spiro atoms. The molecule has 0 saturated carbocycles. The van der Waals surface area contributed by atoms with Crippen LogP contribution >= 0.6 is 22.6 Å². The molecule has 2 rings (SSSR count). The maximum Gasteiger partial charge on any atom is 0.258 e. The molecule has 0 fully saturated rings. The van der Waals surface area contributed by atoms with Crippen LogP contribution in [0.2, 0.25) is 0 Å². The maximum absolute atomic E-state index is 13.5. The van der Waals surface area contributed by atoms with Crippen molar-refractivity contribution in [3.05, 3.63) is 63.2 Å². The molecule has 0 saturated heterocycles. The lowest BCUT2D eigenvalue weighted by molar-refractivity contribution is -0.123. The molecule has 4 nitrogen and oxygen atoms in total. The second-order valence-electron chi connectivity index (χ2n) is 4.73. The molecule has 1 amide bonds. The molecule has 23 heavy (non-hydrogen) atoms. The Bertz CT molecular complexity index is 680. The summed E-state index contributed by atoms with van der Waals surface area (Å²) in [7, 11) is 0. The number of aliphatic hydroxyl groups is 1. The van der Waals surface area contributed by atoms with Gasteiger partial charge in [0.25, 0.3) is 5.91 Å². The molecular formula is C16H14F2INO3. The molecule has 7 heteroatoms. The van der Waals surface area contributed by atoms with Crippen LogP contribution in [0.4, 0.5) is 8.78 Å². The van der Waals surface area contributed by atoms with Crippen molar-refractivity contribution in [3.8, 4) is 5.75 Å². The van der Waals surface area contributed by atoms with E-state index in [1.165, 1.54) is 0 Å². The van der Waals surface area contributed by atoms with E-state index < -0.39 is 23.6 Å². The number of ether oxygens (including phenoxy) is 1. The third kappa shape index (κ3) is 5.43. The molecular weight excluding hydrogens is 419 g/mol. The van der Waals surface area contributed by atoms with Gasteiger partial charge in [-0.1, -0.05) is 6.07 Å². The van der Waals surface area contributed by atoms with Crippen LogP contribution < -0.4 is 10.1 Å². The molecule has 2 N–H and O–H groups in total. The predicted molar refractivity (Wildman–Crippen MR) is 89.0 cm³/mol. The van der Waals surface area contributed by atoms with Crippen molar-refractivity contribution < 1.29 is 23.4 Å². The predicted octanol–water partition coefficient (Wildman–Crippen LogP) is 2.80. The highest BCUT2D eigenvalue weighted by Gasteiger charge is 2.14. The largest absolute Gasteiger partial charge is 0.484 e. The molecule has 0 aliphatic rings. The van der Waals surface area contributed by atoms with E-state index in [-0.39, 0.29) is 18.7 Å². The van der Waals surface area contributed by atoms with E-state index in [1.807, 2.05) is 12.1 Å². The van der Waals surface area contributed by atoms with Gasteiger partial charge in [-0.15, -0.1) is 0 Å². The smallest absolute Gasteiger partial charge is 0.258 e. The second kappa shape index (κ2) is 8.21. The number of nitrogens with one attached hydrogen (secondary N) is 1. The highest BCUT2D eigenvalue weighted by Crippen LogP contribution is 2.17. The Balaban J connectivity index is 1.80. The molecule has 1 unspecified atom stereocenters. The van der Waals surface area contributed by atoms with Gasteiger partial charge in [0.1, 0.15) is 17.4 Å². The summed E-state index contributed by atoms with van der Waals surface area (Å²) in [4.78, 5) is 11.7. The van der Waals surface area contributed by atoms with Crippen LogP contribution in [0.25, 0.3) is 0 Å². The van der Waals surface area contributed by atoms with Gasteiger partial charge in [0.15, 0.2) is 6.61 Å². The molecule has 2 aromatic rings. The van der Waals surface area contributed by atoms with Gasteiger partial charge < -0.3 is 15.2 Å². The first-order chi connectivity index (χ1) is 11.0. The summed E-state index contributed by atoms with van der Waals surface area (Å²) >= 11 is 2.15. The molecule has 0 aliphatic carbocycles. The topological polar surface area (TPSA) is 58.6 Å². The van der Waals surface area contributed by atoms with Gasteiger partial charge in [0, 0.05) is 21.7 Å². The van der Waals surface area contributed by atoms with E-state index in [0.717, 1.165) is 15.7 Å². The van der Waals surface area contributed by atoms with E-state index in [2.05, 4.69) is 27.9 Å². The minimum Gasteiger partial charge on any atom is -0.484 e. The average Bonchev–Trinajstić information content (AvgIpc) is 2.52. The fourth-order valence-corrected chi connectivity index (χ4v) is 2.18. The van der Waals surface area contributed by atoms with Crippen molar-refractivity contribution in [2.45, 2.75) is 6.10 Å². The lowest BCUT2D eigenvalue weighted by atomic mass is 10.1. The average molecular weight is 433 g/mol. The number of benzene rings is 2. The third-order valence-corrected chi connectivity index (χ3v) is 3.72. The Labute approximate surface area is 145 Å². The van der Waals surface area contributed by atoms with Crippen molar-refractivity contribution in [3.63, 3.8) is 0 Å². The van der Waals surface area contributed by atoms with Crippen molar-refractivity contribution in [2.24, 2.45) is 0 Å². The standard InChI is InChI=1S/C16H14F2INO3/c17-10-1-6-13(14(18)7-10)15(21)8-20-16(22)9-23-12-4-2-11(19)3-5-12/h1-7,15,21H,8-9H2,(H,20,22). The molecule has 0 radical (unpaired) electrons. The van der Waals surface area contributed by atoms with Gasteiger partial charge in [-0.3, -0.25) is 4.79 Å². The summed E-state index contributed by atoms with van der Waals surface area (Å²) in [6.07, 6.45) is -1.27.